The lowest BCUT2D eigenvalue weighted by atomic mass is 10.2. The number of allylic oxidation sites excluding steroid dienone is 1. The molecule has 0 spiro atoms. The van der Waals surface area contributed by atoms with Gasteiger partial charge in [-0.15, -0.1) is 0 Å². The third-order valence-electron chi connectivity index (χ3n) is 2.57. The number of amidine groups is 1. The summed E-state index contributed by atoms with van der Waals surface area (Å²) in [4.78, 5) is 4.85. The monoisotopic (exact) mass is 322 g/mol. The molecule has 0 saturated heterocycles. The van der Waals surface area contributed by atoms with Gasteiger partial charge in [0.25, 0.3) is 0 Å². The third-order valence-corrected chi connectivity index (χ3v) is 3.48. The fourth-order valence-corrected chi connectivity index (χ4v) is 2.42. The SMILES string of the molecule is CSC1=NC(C(F)(F)F)=CC(O)N1c1ccc(Cl)cc1. The number of halogens is 4. The number of aliphatic hydroxyl groups excluding tert-OH is 1. The van der Waals surface area contributed by atoms with Crippen molar-refractivity contribution in [2.45, 2.75) is 12.4 Å². The fraction of sp³-hybridized carbons (Fsp3) is 0.250. The Morgan fingerprint density at radius 2 is 1.90 bits per heavy atom. The second kappa shape index (κ2) is 5.67. The van der Waals surface area contributed by atoms with Gasteiger partial charge in [-0.2, -0.15) is 13.2 Å². The summed E-state index contributed by atoms with van der Waals surface area (Å²) in [6.07, 6.45) is -3.76. The molecule has 20 heavy (non-hydrogen) atoms. The zero-order valence-electron chi connectivity index (χ0n) is 10.2. The van der Waals surface area contributed by atoms with Gasteiger partial charge in [0.1, 0.15) is 5.70 Å². The van der Waals surface area contributed by atoms with Crippen molar-refractivity contribution in [3.63, 3.8) is 0 Å². The lowest BCUT2D eigenvalue weighted by Crippen LogP contribution is -2.41. The Kier molecular flexibility index (Phi) is 4.31. The van der Waals surface area contributed by atoms with Crippen LogP contribution in [-0.2, 0) is 0 Å². The molecule has 3 nitrogen and oxygen atoms in total. The van der Waals surface area contributed by atoms with Crippen LogP contribution in [0.4, 0.5) is 18.9 Å². The van der Waals surface area contributed by atoms with Crippen LogP contribution in [0, 0.1) is 0 Å². The molecule has 1 heterocycles. The molecular formula is C12H10ClF3N2OS. The summed E-state index contributed by atoms with van der Waals surface area (Å²) < 4.78 is 38.0. The van der Waals surface area contributed by atoms with Gasteiger partial charge in [-0.3, -0.25) is 4.90 Å². The summed E-state index contributed by atoms with van der Waals surface area (Å²) in [5.74, 6) is 0. The van der Waals surface area contributed by atoms with Crippen LogP contribution in [0.5, 0.6) is 0 Å². The Morgan fingerprint density at radius 1 is 1.30 bits per heavy atom. The van der Waals surface area contributed by atoms with E-state index >= 15 is 0 Å². The van der Waals surface area contributed by atoms with Crippen molar-refractivity contribution in [3.05, 3.63) is 41.1 Å². The lowest BCUT2D eigenvalue weighted by Gasteiger charge is -2.32. The number of benzene rings is 1. The van der Waals surface area contributed by atoms with Crippen molar-refractivity contribution >= 4 is 34.2 Å². The van der Waals surface area contributed by atoms with Gasteiger partial charge in [0.2, 0.25) is 0 Å². The molecule has 0 amide bonds. The van der Waals surface area contributed by atoms with Gasteiger partial charge in [0.15, 0.2) is 11.4 Å². The van der Waals surface area contributed by atoms with Crippen molar-refractivity contribution in [2.75, 3.05) is 11.2 Å². The van der Waals surface area contributed by atoms with Crippen LogP contribution >= 0.6 is 23.4 Å². The molecule has 0 radical (unpaired) electrons. The summed E-state index contributed by atoms with van der Waals surface area (Å²) in [6, 6.07) is 6.38. The van der Waals surface area contributed by atoms with E-state index in [1.54, 1.807) is 30.5 Å². The van der Waals surface area contributed by atoms with Gasteiger partial charge in [-0.1, -0.05) is 23.4 Å². The molecule has 2 rings (SSSR count). The molecular weight excluding hydrogens is 313 g/mol. The number of rotatable bonds is 1. The van der Waals surface area contributed by atoms with Crippen LogP contribution < -0.4 is 4.90 Å². The molecule has 1 aliphatic heterocycles. The minimum absolute atomic E-state index is 0.0645. The molecule has 1 atom stereocenters. The Balaban J connectivity index is 2.40. The maximum absolute atomic E-state index is 12.7. The topological polar surface area (TPSA) is 35.8 Å². The third kappa shape index (κ3) is 3.11. The highest BCUT2D eigenvalue weighted by molar-refractivity contribution is 8.13. The maximum Gasteiger partial charge on any atom is 0.433 e. The minimum atomic E-state index is -4.59. The van der Waals surface area contributed by atoms with Crippen LogP contribution in [0.25, 0.3) is 0 Å². The molecule has 0 fully saturated rings. The highest BCUT2D eigenvalue weighted by Crippen LogP contribution is 2.33. The number of hydrogen-bond donors (Lipinski definition) is 1. The molecule has 0 saturated carbocycles. The zero-order valence-corrected chi connectivity index (χ0v) is 11.8. The number of aliphatic imine (C=N–C) groups is 1. The van der Waals surface area contributed by atoms with E-state index in [2.05, 4.69) is 4.99 Å². The highest BCUT2D eigenvalue weighted by Gasteiger charge is 2.38. The number of nitrogens with zero attached hydrogens (tertiary/aromatic N) is 2. The Hall–Kier alpha value is -1.18. The van der Waals surface area contributed by atoms with Crippen molar-refractivity contribution in [1.82, 2.24) is 0 Å². The first-order valence-electron chi connectivity index (χ1n) is 5.47. The summed E-state index contributed by atoms with van der Waals surface area (Å²) >= 11 is 6.78. The van der Waals surface area contributed by atoms with E-state index in [-0.39, 0.29) is 5.17 Å². The molecule has 108 valence electrons. The minimum Gasteiger partial charge on any atom is -0.369 e. The van der Waals surface area contributed by atoms with Crippen molar-refractivity contribution < 1.29 is 18.3 Å². The predicted molar refractivity (Wildman–Crippen MR) is 75.0 cm³/mol. The number of anilines is 1. The van der Waals surface area contributed by atoms with E-state index in [1.165, 1.54) is 4.90 Å². The van der Waals surface area contributed by atoms with E-state index in [0.717, 1.165) is 11.8 Å². The zero-order chi connectivity index (χ0) is 14.9. The summed E-state index contributed by atoms with van der Waals surface area (Å²) in [5, 5.41) is 10.5. The van der Waals surface area contributed by atoms with E-state index in [4.69, 9.17) is 11.6 Å². The van der Waals surface area contributed by atoms with Crippen LogP contribution in [0.3, 0.4) is 0 Å². The molecule has 1 unspecified atom stereocenters. The maximum atomic E-state index is 12.7. The molecule has 1 aromatic carbocycles. The first kappa shape index (κ1) is 15.2. The standard InChI is InChI=1S/C12H10ClF3N2OS/c1-20-11-17-9(12(14,15)16)6-10(19)18(11)8-4-2-7(13)3-5-8/h2-6,10,19H,1H3. The molecule has 0 aromatic heterocycles. The van der Waals surface area contributed by atoms with E-state index in [0.29, 0.717) is 16.8 Å². The highest BCUT2D eigenvalue weighted by atomic mass is 35.5. The van der Waals surface area contributed by atoms with Gasteiger partial charge in [-0.25, -0.2) is 4.99 Å². The Bertz CT molecular complexity index is 557. The second-order valence-electron chi connectivity index (χ2n) is 3.91. The molecule has 1 N–H and O–H groups in total. The van der Waals surface area contributed by atoms with Crippen LogP contribution in [0.1, 0.15) is 0 Å². The van der Waals surface area contributed by atoms with E-state index in [9.17, 15) is 18.3 Å². The number of alkyl halides is 3. The van der Waals surface area contributed by atoms with Gasteiger partial charge in [0, 0.05) is 10.7 Å². The summed E-state index contributed by atoms with van der Waals surface area (Å²) in [6.45, 7) is 0. The van der Waals surface area contributed by atoms with Gasteiger partial charge in [-0.05, 0) is 36.6 Å². The lowest BCUT2D eigenvalue weighted by molar-refractivity contribution is -0.0934. The number of thioether (sulfide) groups is 1. The van der Waals surface area contributed by atoms with E-state index in [1.807, 2.05) is 0 Å². The van der Waals surface area contributed by atoms with Crippen LogP contribution in [0.15, 0.2) is 41.0 Å². The van der Waals surface area contributed by atoms with Crippen LogP contribution in [-0.4, -0.2) is 28.9 Å². The van der Waals surface area contributed by atoms with Gasteiger partial charge < -0.3 is 5.11 Å². The Morgan fingerprint density at radius 3 is 2.40 bits per heavy atom. The molecule has 0 aliphatic carbocycles. The van der Waals surface area contributed by atoms with Crippen molar-refractivity contribution in [1.29, 1.82) is 0 Å². The summed E-state index contributed by atoms with van der Waals surface area (Å²) in [7, 11) is 0. The first-order valence-corrected chi connectivity index (χ1v) is 7.08. The molecule has 8 heteroatoms. The van der Waals surface area contributed by atoms with Crippen molar-refractivity contribution in [2.24, 2.45) is 4.99 Å². The molecule has 1 aromatic rings. The summed E-state index contributed by atoms with van der Waals surface area (Å²) in [5.41, 5.74) is -0.591. The molecule has 0 bridgehead atoms. The number of hydrogen-bond acceptors (Lipinski definition) is 4. The van der Waals surface area contributed by atoms with Crippen molar-refractivity contribution in [3.8, 4) is 0 Å². The average Bonchev–Trinajstić information content (AvgIpc) is 2.38. The number of aliphatic hydroxyl groups is 1. The van der Waals surface area contributed by atoms with E-state index < -0.39 is 18.1 Å². The van der Waals surface area contributed by atoms with Gasteiger partial charge >= 0.3 is 6.18 Å². The Labute approximate surface area is 122 Å². The predicted octanol–water partition coefficient (Wildman–Crippen LogP) is 3.64. The van der Waals surface area contributed by atoms with Crippen LogP contribution in [0.2, 0.25) is 5.02 Å². The van der Waals surface area contributed by atoms with Gasteiger partial charge in [0.05, 0.1) is 0 Å². The first-order chi connectivity index (χ1) is 9.32. The largest absolute Gasteiger partial charge is 0.433 e. The smallest absolute Gasteiger partial charge is 0.369 e. The average molecular weight is 323 g/mol. The molecule has 1 aliphatic rings. The normalized spacial score (nSPS) is 19.7. The fourth-order valence-electron chi connectivity index (χ4n) is 1.69. The quantitative estimate of drug-likeness (QED) is 0.857. The second-order valence-corrected chi connectivity index (χ2v) is 5.12.